The van der Waals surface area contributed by atoms with Crippen molar-refractivity contribution >= 4 is 11.7 Å². The number of halogens is 1. The molecule has 2 fully saturated rings. The Labute approximate surface area is 186 Å². The molecule has 2 saturated carbocycles. The standard InChI is InChI=1S/C25H25FN2O4/c1-31-18-8-20(9-18)32-19-7-17(12-27)24(26)23(10-19)28-5-4-14-6-15(2-3-16(14)13-28)21-11-22(21)25(29)30/h2-3,6-7,10,18,20-22H,4-5,8-9,11,13H2,1H3,(H,29,30)/t18-,20-,21-,22?/m0/s1. The first-order valence-electron chi connectivity index (χ1n) is 11.0. The van der Waals surface area contributed by atoms with Crippen LogP contribution < -0.4 is 9.64 Å². The summed E-state index contributed by atoms with van der Waals surface area (Å²) in [4.78, 5) is 13.1. The number of hydrogen-bond donors (Lipinski definition) is 1. The van der Waals surface area contributed by atoms with Crippen molar-refractivity contribution < 1.29 is 23.8 Å². The second kappa shape index (κ2) is 8.10. The van der Waals surface area contributed by atoms with Gasteiger partial charge in [-0.25, -0.2) is 4.39 Å². The van der Waals surface area contributed by atoms with Gasteiger partial charge in [-0.3, -0.25) is 4.79 Å². The molecule has 1 aliphatic heterocycles. The van der Waals surface area contributed by atoms with E-state index in [2.05, 4.69) is 6.07 Å². The number of carbonyl (C=O) groups is 1. The molecule has 2 atom stereocenters. The van der Waals surface area contributed by atoms with Crippen LogP contribution in [-0.2, 0) is 22.5 Å². The molecule has 2 aromatic carbocycles. The number of nitrogens with zero attached hydrogens (tertiary/aromatic N) is 2. The first-order valence-corrected chi connectivity index (χ1v) is 11.0. The molecule has 0 amide bonds. The first-order chi connectivity index (χ1) is 15.5. The molecule has 7 heteroatoms. The van der Waals surface area contributed by atoms with E-state index in [0.29, 0.717) is 30.9 Å². The van der Waals surface area contributed by atoms with E-state index in [9.17, 15) is 15.2 Å². The minimum absolute atomic E-state index is 0.0161. The van der Waals surface area contributed by atoms with Gasteiger partial charge in [0.2, 0.25) is 0 Å². The Balaban J connectivity index is 1.35. The summed E-state index contributed by atoms with van der Waals surface area (Å²) in [7, 11) is 1.68. The molecule has 0 aromatic heterocycles. The summed E-state index contributed by atoms with van der Waals surface area (Å²) < 4.78 is 26.3. The molecule has 1 unspecified atom stereocenters. The monoisotopic (exact) mass is 436 g/mol. The quantitative estimate of drug-likeness (QED) is 0.737. The van der Waals surface area contributed by atoms with Crippen LogP contribution in [0, 0.1) is 23.1 Å². The molecule has 3 aliphatic rings. The van der Waals surface area contributed by atoms with Crippen LogP contribution in [0.15, 0.2) is 30.3 Å². The van der Waals surface area contributed by atoms with E-state index in [-0.39, 0.29) is 29.6 Å². The molecule has 0 radical (unpaired) electrons. The van der Waals surface area contributed by atoms with Crippen LogP contribution in [0.4, 0.5) is 10.1 Å². The van der Waals surface area contributed by atoms with Crippen molar-refractivity contribution in [3.05, 3.63) is 58.4 Å². The summed E-state index contributed by atoms with van der Waals surface area (Å²) in [5.41, 5.74) is 3.72. The van der Waals surface area contributed by atoms with Crippen LogP contribution in [0.2, 0.25) is 0 Å². The molecule has 2 aromatic rings. The average molecular weight is 436 g/mol. The SMILES string of the molecule is CO[C@H]1C[C@H](Oc2cc(C#N)c(F)c(N3CCc4cc([C@@H]5CC5C(=O)O)ccc4C3)c2)C1. The molecule has 1 heterocycles. The summed E-state index contributed by atoms with van der Waals surface area (Å²) in [5, 5.41) is 18.6. The van der Waals surface area contributed by atoms with Gasteiger partial charge in [0.05, 0.1) is 23.3 Å². The second-order valence-corrected chi connectivity index (χ2v) is 8.97. The van der Waals surface area contributed by atoms with Crippen molar-refractivity contribution in [2.24, 2.45) is 5.92 Å². The Kier molecular flexibility index (Phi) is 5.26. The zero-order valence-corrected chi connectivity index (χ0v) is 17.9. The van der Waals surface area contributed by atoms with Gasteiger partial charge < -0.3 is 19.5 Å². The van der Waals surface area contributed by atoms with Gasteiger partial charge in [-0.05, 0) is 35.4 Å². The maximum absolute atomic E-state index is 15.1. The molecular weight excluding hydrogens is 411 g/mol. The fourth-order valence-corrected chi connectivity index (χ4v) is 4.81. The third-order valence-corrected chi connectivity index (χ3v) is 6.95. The Morgan fingerprint density at radius 2 is 2.00 bits per heavy atom. The van der Waals surface area contributed by atoms with Crippen LogP contribution >= 0.6 is 0 Å². The molecule has 166 valence electrons. The number of hydrogen-bond acceptors (Lipinski definition) is 5. The van der Waals surface area contributed by atoms with E-state index < -0.39 is 11.8 Å². The maximum atomic E-state index is 15.1. The van der Waals surface area contributed by atoms with E-state index in [1.165, 1.54) is 11.6 Å². The summed E-state index contributed by atoms with van der Waals surface area (Å²) in [6.07, 6.45) is 3.21. The van der Waals surface area contributed by atoms with Crippen LogP contribution in [0.3, 0.4) is 0 Å². The minimum atomic E-state index is -0.732. The number of ether oxygens (including phenoxy) is 2. The third kappa shape index (κ3) is 3.80. The Bertz CT molecular complexity index is 1110. The largest absolute Gasteiger partial charge is 0.490 e. The van der Waals surface area contributed by atoms with Gasteiger partial charge >= 0.3 is 5.97 Å². The van der Waals surface area contributed by atoms with Crippen molar-refractivity contribution in [3.8, 4) is 11.8 Å². The molecule has 0 saturated heterocycles. The summed E-state index contributed by atoms with van der Waals surface area (Å²) in [6.45, 7) is 1.15. The number of benzene rings is 2. The Hall–Kier alpha value is -3.11. The van der Waals surface area contributed by atoms with E-state index in [4.69, 9.17) is 9.47 Å². The van der Waals surface area contributed by atoms with Gasteiger partial charge in [-0.1, -0.05) is 18.2 Å². The minimum Gasteiger partial charge on any atom is -0.490 e. The Morgan fingerprint density at radius 3 is 2.69 bits per heavy atom. The summed E-state index contributed by atoms with van der Waals surface area (Å²) in [5.74, 6) is -0.921. The van der Waals surface area contributed by atoms with Crippen molar-refractivity contribution in [1.29, 1.82) is 5.26 Å². The maximum Gasteiger partial charge on any atom is 0.307 e. The normalized spacial score (nSPS) is 26.0. The lowest BCUT2D eigenvalue weighted by molar-refractivity contribution is -0.138. The van der Waals surface area contributed by atoms with E-state index in [1.54, 1.807) is 13.2 Å². The number of carboxylic acid groups (broad SMARTS) is 1. The van der Waals surface area contributed by atoms with Crippen LogP contribution in [0.5, 0.6) is 5.75 Å². The molecule has 32 heavy (non-hydrogen) atoms. The van der Waals surface area contributed by atoms with E-state index in [0.717, 1.165) is 30.4 Å². The highest BCUT2D eigenvalue weighted by atomic mass is 19.1. The van der Waals surface area contributed by atoms with Crippen LogP contribution in [0.1, 0.15) is 47.4 Å². The van der Waals surface area contributed by atoms with Crippen molar-refractivity contribution in [2.75, 3.05) is 18.6 Å². The molecule has 0 spiro atoms. The summed E-state index contributed by atoms with van der Waals surface area (Å²) >= 11 is 0. The Morgan fingerprint density at radius 1 is 1.19 bits per heavy atom. The molecular formula is C25H25FN2O4. The summed E-state index contributed by atoms with van der Waals surface area (Å²) in [6, 6.07) is 11.2. The number of methoxy groups -OCH3 is 1. The number of rotatable bonds is 6. The zero-order valence-electron chi connectivity index (χ0n) is 17.9. The fraction of sp³-hybridized carbons (Fsp3) is 0.440. The van der Waals surface area contributed by atoms with Crippen molar-refractivity contribution in [2.45, 2.75) is 50.4 Å². The van der Waals surface area contributed by atoms with Gasteiger partial charge in [-0.15, -0.1) is 0 Å². The molecule has 1 N–H and O–H groups in total. The number of anilines is 1. The highest BCUT2D eigenvalue weighted by Gasteiger charge is 2.44. The second-order valence-electron chi connectivity index (χ2n) is 8.97. The van der Waals surface area contributed by atoms with Gasteiger partial charge in [0.15, 0.2) is 5.82 Å². The van der Waals surface area contributed by atoms with E-state index >= 15 is 4.39 Å². The first kappa shape index (κ1) is 20.8. The number of aliphatic carboxylic acids is 1. The predicted molar refractivity (Wildman–Crippen MR) is 115 cm³/mol. The lowest BCUT2D eigenvalue weighted by atomic mass is 9.92. The number of carboxylic acids is 1. The molecule has 6 nitrogen and oxygen atoms in total. The van der Waals surface area contributed by atoms with E-state index in [1.807, 2.05) is 23.1 Å². The third-order valence-electron chi connectivity index (χ3n) is 6.95. The van der Waals surface area contributed by atoms with Gasteiger partial charge in [0.1, 0.15) is 17.9 Å². The van der Waals surface area contributed by atoms with Gasteiger partial charge in [-0.2, -0.15) is 5.26 Å². The lowest BCUT2D eigenvalue weighted by Crippen LogP contribution is -2.39. The number of nitriles is 1. The van der Waals surface area contributed by atoms with Crippen molar-refractivity contribution in [3.63, 3.8) is 0 Å². The highest BCUT2D eigenvalue weighted by Crippen LogP contribution is 2.48. The van der Waals surface area contributed by atoms with Crippen LogP contribution in [-0.4, -0.2) is 36.9 Å². The molecule has 2 aliphatic carbocycles. The fourth-order valence-electron chi connectivity index (χ4n) is 4.81. The molecule has 0 bridgehead atoms. The number of fused-ring (bicyclic) bond motifs is 1. The lowest BCUT2D eigenvalue weighted by Gasteiger charge is -2.35. The highest BCUT2D eigenvalue weighted by molar-refractivity contribution is 5.75. The zero-order chi connectivity index (χ0) is 22.4. The van der Waals surface area contributed by atoms with Crippen LogP contribution in [0.25, 0.3) is 0 Å². The average Bonchev–Trinajstić information content (AvgIpc) is 3.57. The van der Waals surface area contributed by atoms with Gasteiger partial charge in [0, 0.05) is 45.2 Å². The van der Waals surface area contributed by atoms with Gasteiger partial charge in [0.25, 0.3) is 0 Å². The predicted octanol–water partition coefficient (Wildman–Crippen LogP) is 4.00. The molecule has 5 rings (SSSR count). The topological polar surface area (TPSA) is 82.8 Å². The van der Waals surface area contributed by atoms with Crippen molar-refractivity contribution in [1.82, 2.24) is 0 Å². The smallest absolute Gasteiger partial charge is 0.307 e.